The highest BCUT2D eigenvalue weighted by molar-refractivity contribution is 5.99. The quantitative estimate of drug-likeness (QED) is 0.0471. The first-order valence-electron chi connectivity index (χ1n) is 25.6. The van der Waals surface area contributed by atoms with Crippen molar-refractivity contribution in [2.75, 3.05) is 25.9 Å². The van der Waals surface area contributed by atoms with Gasteiger partial charge in [0.2, 0.25) is 41.4 Å². The molecule has 2 unspecified atom stereocenters. The van der Waals surface area contributed by atoms with E-state index in [1.54, 1.807) is 26.0 Å². The number of anilines is 1. The van der Waals surface area contributed by atoms with Crippen molar-refractivity contribution in [3.8, 4) is 5.75 Å². The summed E-state index contributed by atoms with van der Waals surface area (Å²) in [5.74, 6) is -7.31. The first-order valence-corrected chi connectivity index (χ1v) is 25.6. The molecular weight excluding hydrogens is 967 g/mol. The molecule has 75 heavy (non-hydrogen) atoms. The molecule has 3 heterocycles. The van der Waals surface area contributed by atoms with Gasteiger partial charge >= 0.3 is 0 Å². The molecule has 3 aromatic rings. The molecule has 0 spiro atoms. The highest BCUT2D eigenvalue weighted by Crippen LogP contribution is 2.36. The fourth-order valence-corrected chi connectivity index (χ4v) is 9.47. The molecule has 410 valence electrons. The molecule has 2 saturated heterocycles. The monoisotopic (exact) mass is 1040 g/mol. The number of allylic oxidation sites excluding steroid dienone is 1. The van der Waals surface area contributed by atoms with Gasteiger partial charge in [-0.1, -0.05) is 82.9 Å². The summed E-state index contributed by atoms with van der Waals surface area (Å²) in [5.41, 5.74) is 0.672. The number of nitrogens with zero attached hydrogens (tertiary/aromatic N) is 4. The lowest BCUT2D eigenvalue weighted by Gasteiger charge is -2.33. The lowest BCUT2D eigenvalue weighted by Crippen LogP contribution is -2.60. The third-order valence-corrected chi connectivity index (χ3v) is 14.0. The molecule has 21 heteroatoms. The van der Waals surface area contributed by atoms with Crippen LogP contribution >= 0.6 is 0 Å². The Kier molecular flexibility index (Phi) is 20.2. The molecule has 2 aliphatic rings. The number of para-hydroxylation sites is 1. The van der Waals surface area contributed by atoms with Crippen LogP contribution in [-0.4, -0.2) is 142 Å². The second-order valence-electron chi connectivity index (χ2n) is 21.3. The van der Waals surface area contributed by atoms with Gasteiger partial charge in [0.25, 0.3) is 0 Å². The van der Waals surface area contributed by atoms with Gasteiger partial charge in [-0.2, -0.15) is 0 Å². The van der Waals surface area contributed by atoms with Gasteiger partial charge in [-0.15, -0.1) is 5.23 Å². The van der Waals surface area contributed by atoms with Crippen LogP contribution in [0, 0.1) is 17.8 Å². The van der Waals surface area contributed by atoms with Crippen molar-refractivity contribution >= 4 is 64.2 Å². The number of hydrogen-bond donors (Lipinski definition) is 7. The SMILES string of the molecule is C/C=C/C[C@@H]1NC(=O)[C@H](CC(C)C)NC(=O)[C@H](CC(C)C=O)N(C)C(=O)[C@H](C)NC(=O)[C@H](Cc2ccc([O-])c(N(O)O)c2)NC(=O)[C@H](CC(C)C)N(C)C(=O)[C@H](Cc2cn(C(C)(C)C3CO3)c3ccccc23)NC1=O. The molecule has 7 amide bonds. The molecule has 2 fully saturated rings. The van der Waals surface area contributed by atoms with Crippen molar-refractivity contribution in [2.24, 2.45) is 17.8 Å². The molecule has 2 aliphatic heterocycles. The third-order valence-electron chi connectivity index (χ3n) is 14.0. The van der Waals surface area contributed by atoms with Crippen LogP contribution in [-0.2, 0) is 61.5 Å². The predicted molar refractivity (Wildman–Crippen MR) is 277 cm³/mol. The number of fused-ring (bicyclic) bond motifs is 1. The van der Waals surface area contributed by atoms with Gasteiger partial charge in [-0.3, -0.25) is 44.0 Å². The van der Waals surface area contributed by atoms with E-state index in [9.17, 15) is 49.1 Å². The maximum Gasteiger partial charge on any atom is 0.245 e. The molecule has 0 radical (unpaired) electrons. The van der Waals surface area contributed by atoms with Crippen LogP contribution in [0.3, 0.4) is 0 Å². The van der Waals surface area contributed by atoms with E-state index in [0.29, 0.717) is 18.5 Å². The lowest BCUT2D eigenvalue weighted by atomic mass is 9.98. The Morgan fingerprint density at radius 2 is 1.31 bits per heavy atom. The zero-order chi connectivity index (χ0) is 55.6. The molecule has 0 saturated carbocycles. The number of carbonyl (C=O) groups is 8. The fraction of sp³-hybridized carbons (Fsp3) is 0.556. The summed E-state index contributed by atoms with van der Waals surface area (Å²) in [6.07, 6.45) is 5.37. The number of aromatic nitrogens is 1. The van der Waals surface area contributed by atoms with E-state index >= 15 is 4.79 Å². The van der Waals surface area contributed by atoms with E-state index in [4.69, 9.17) is 4.74 Å². The molecule has 1 aromatic heterocycles. The standard InChI is InChI=1S/C54H77N9O12/c1-12-13-17-37-47(66)59-40(26-35-27-62(54(8,9)46-29-75-46)41-18-15-14-16-36(35)41)53(72)61(11)43(22-31(4)5)50(69)58-39(24-34-19-20-45(65)42(25-34)63(73)74)48(67)55-33(7)52(71)60(10)44(23-32(6)28-64)51(70)57-38(21-30(2)3)49(68)56-37/h12-16,18-20,25,27-28,30-33,37-40,43-44,46,65,73-74H,17,21-24,26,29H2,1-11H3,(H,55,67)(H,56,68)(H,57,70)(H,58,69)(H,59,66)/p-1/b13-12+/t32?,33-,37-,38-,39-,40-,43-,44-,46?/m0/s1. The summed E-state index contributed by atoms with van der Waals surface area (Å²) in [4.78, 5) is 117. The molecule has 5 rings (SSSR count). The number of likely N-dealkylation sites (N-methyl/N-ethyl adjacent to an activating group) is 2. The van der Waals surface area contributed by atoms with Gasteiger partial charge in [0.1, 0.15) is 54.7 Å². The van der Waals surface area contributed by atoms with Crippen LogP contribution in [0.25, 0.3) is 10.9 Å². The van der Waals surface area contributed by atoms with Gasteiger partial charge in [0, 0.05) is 50.0 Å². The highest BCUT2D eigenvalue weighted by Gasteiger charge is 2.43. The minimum atomic E-state index is -1.53. The van der Waals surface area contributed by atoms with Gasteiger partial charge in [-0.25, -0.2) is 0 Å². The van der Waals surface area contributed by atoms with E-state index in [2.05, 4.69) is 31.2 Å². The maximum atomic E-state index is 15.3. The second-order valence-corrected chi connectivity index (χ2v) is 21.3. The Morgan fingerprint density at radius 3 is 1.91 bits per heavy atom. The van der Waals surface area contributed by atoms with Crippen LogP contribution in [0.4, 0.5) is 5.69 Å². The van der Waals surface area contributed by atoms with Crippen molar-refractivity contribution in [2.45, 2.75) is 155 Å². The van der Waals surface area contributed by atoms with E-state index in [-0.39, 0.29) is 67.3 Å². The van der Waals surface area contributed by atoms with Gasteiger partial charge in [-0.05, 0) is 88.5 Å². The number of hydrogen-bond acceptors (Lipinski definition) is 13. The van der Waals surface area contributed by atoms with Gasteiger partial charge in [0.05, 0.1) is 17.8 Å². The van der Waals surface area contributed by atoms with Crippen molar-refractivity contribution in [3.63, 3.8) is 0 Å². The number of carbonyl (C=O) groups excluding carboxylic acids is 8. The molecule has 9 atom stereocenters. The normalized spacial score (nSPS) is 24.7. The van der Waals surface area contributed by atoms with E-state index in [1.807, 2.05) is 72.0 Å². The average molecular weight is 1040 g/mol. The zero-order valence-corrected chi connectivity index (χ0v) is 44.9. The first kappa shape index (κ1) is 59.0. The Labute approximate surface area is 438 Å². The number of benzene rings is 2. The Bertz CT molecular complexity index is 2590. The van der Waals surface area contributed by atoms with Crippen molar-refractivity contribution < 1.29 is 58.6 Å². The third kappa shape index (κ3) is 14.9. The number of aldehydes is 1. The Hall–Kier alpha value is -6.84. The van der Waals surface area contributed by atoms with Crippen molar-refractivity contribution in [1.82, 2.24) is 41.0 Å². The number of ether oxygens (including phenoxy) is 1. The lowest BCUT2D eigenvalue weighted by molar-refractivity contribution is -0.268. The number of rotatable bonds is 16. The second kappa shape index (κ2) is 25.6. The number of amides is 7. The molecule has 2 aromatic carbocycles. The molecule has 0 bridgehead atoms. The fourth-order valence-electron chi connectivity index (χ4n) is 9.47. The summed E-state index contributed by atoms with van der Waals surface area (Å²) < 4.78 is 7.83. The number of nitrogens with one attached hydrogen (secondary N) is 5. The zero-order valence-electron chi connectivity index (χ0n) is 44.9. The average Bonchev–Trinajstić information content (AvgIpc) is 4.16. The Balaban J connectivity index is 1.69. The van der Waals surface area contributed by atoms with E-state index in [0.717, 1.165) is 27.9 Å². The van der Waals surface area contributed by atoms with Gasteiger partial charge in [0.15, 0.2) is 0 Å². The number of epoxide rings is 1. The highest BCUT2D eigenvalue weighted by atomic mass is 16.8. The van der Waals surface area contributed by atoms with E-state index < -0.39 is 107 Å². The largest absolute Gasteiger partial charge is 0.871 e. The summed E-state index contributed by atoms with van der Waals surface area (Å²) in [6.45, 7) is 16.7. The summed E-state index contributed by atoms with van der Waals surface area (Å²) >= 11 is 0. The summed E-state index contributed by atoms with van der Waals surface area (Å²) in [7, 11) is 2.74. The molecular formula is C54H76N9O12-. The molecule has 7 N–H and O–H groups in total. The Morgan fingerprint density at radius 1 is 0.747 bits per heavy atom. The minimum absolute atomic E-state index is 0.0227. The summed E-state index contributed by atoms with van der Waals surface area (Å²) in [6, 6.07) is 1.70. The van der Waals surface area contributed by atoms with Crippen LogP contribution in [0.1, 0.15) is 99.1 Å². The molecule has 0 aliphatic carbocycles. The van der Waals surface area contributed by atoms with Crippen molar-refractivity contribution in [3.05, 3.63) is 71.9 Å². The first-order chi connectivity index (χ1) is 35.3. The topological polar surface area (TPSA) is 287 Å². The van der Waals surface area contributed by atoms with E-state index in [1.165, 1.54) is 32.0 Å². The van der Waals surface area contributed by atoms with Crippen LogP contribution in [0.15, 0.2) is 60.8 Å². The van der Waals surface area contributed by atoms with Crippen LogP contribution in [0.2, 0.25) is 0 Å². The maximum absolute atomic E-state index is 15.3. The summed E-state index contributed by atoms with van der Waals surface area (Å²) in [5, 5.41) is 46.4. The van der Waals surface area contributed by atoms with Gasteiger partial charge < -0.3 is 55.6 Å². The smallest absolute Gasteiger partial charge is 0.245 e. The van der Waals surface area contributed by atoms with Crippen LogP contribution in [0.5, 0.6) is 5.75 Å². The minimum Gasteiger partial charge on any atom is -0.871 e. The van der Waals surface area contributed by atoms with Crippen LogP contribution < -0.4 is 36.9 Å². The molecule has 21 nitrogen and oxygen atoms in total. The predicted octanol–water partition coefficient (Wildman–Crippen LogP) is 2.61. The van der Waals surface area contributed by atoms with Crippen molar-refractivity contribution in [1.29, 1.82) is 0 Å².